The zero-order chi connectivity index (χ0) is 15.3. The van der Waals surface area contributed by atoms with Crippen LogP contribution in [0, 0.1) is 17.0 Å². The molecule has 0 aliphatic carbocycles. The molecule has 0 aliphatic heterocycles. The molecule has 0 saturated carbocycles. The van der Waals surface area contributed by atoms with Gasteiger partial charge in [0, 0.05) is 13.0 Å². The fourth-order valence-corrected chi connectivity index (χ4v) is 1.45. The van der Waals surface area contributed by atoms with Gasteiger partial charge in [0.1, 0.15) is 12.4 Å². The molecule has 0 spiro atoms. The number of nitro benzene ring substituents is 1. The van der Waals surface area contributed by atoms with E-state index in [0.29, 0.717) is 5.56 Å². The maximum Gasteiger partial charge on any atom is 0.329 e. The number of aryl methyl sites for hydroxylation is 1. The molecule has 0 aromatic heterocycles. The lowest BCUT2D eigenvalue weighted by atomic mass is 10.2. The van der Waals surface area contributed by atoms with E-state index in [1.54, 1.807) is 6.92 Å². The predicted molar refractivity (Wildman–Crippen MR) is 68.6 cm³/mol. The molecule has 1 unspecified atom stereocenters. The maximum atomic E-state index is 10.9. The molecule has 0 heterocycles. The number of ether oxygens (including phenoxy) is 1. The molecule has 1 aromatic carbocycles. The normalized spacial score (nSPS) is 11.5. The van der Waals surface area contributed by atoms with E-state index >= 15 is 0 Å². The Morgan fingerprint density at radius 3 is 2.65 bits per heavy atom. The van der Waals surface area contributed by atoms with Crippen molar-refractivity contribution >= 4 is 17.6 Å². The van der Waals surface area contributed by atoms with Crippen LogP contribution in [0.4, 0.5) is 5.69 Å². The first-order valence-corrected chi connectivity index (χ1v) is 5.69. The van der Waals surface area contributed by atoms with Crippen molar-refractivity contribution in [2.24, 2.45) is 0 Å². The number of carboxylic acids is 1. The fourth-order valence-electron chi connectivity index (χ4n) is 1.45. The van der Waals surface area contributed by atoms with Crippen LogP contribution in [0.2, 0.25) is 0 Å². The second kappa shape index (κ2) is 6.50. The number of hydrogen-bond donors (Lipinski definition) is 2. The minimum absolute atomic E-state index is 0.156. The Bertz CT molecular complexity index is 543. The van der Waals surface area contributed by atoms with E-state index in [0.717, 1.165) is 0 Å². The van der Waals surface area contributed by atoms with E-state index in [1.807, 2.05) is 0 Å². The van der Waals surface area contributed by atoms with Crippen LogP contribution < -0.4 is 10.1 Å². The number of nitrogens with one attached hydrogen (secondary N) is 1. The Morgan fingerprint density at radius 2 is 2.15 bits per heavy atom. The molecule has 1 amide bonds. The largest absolute Gasteiger partial charge is 0.490 e. The van der Waals surface area contributed by atoms with Crippen molar-refractivity contribution in [1.29, 1.82) is 0 Å². The van der Waals surface area contributed by atoms with E-state index in [2.05, 4.69) is 5.32 Å². The fraction of sp³-hybridized carbons (Fsp3) is 0.333. The van der Waals surface area contributed by atoms with Gasteiger partial charge in [-0.2, -0.15) is 0 Å². The molecule has 2 N–H and O–H groups in total. The number of benzene rings is 1. The lowest BCUT2D eigenvalue weighted by molar-refractivity contribution is -0.384. The number of nitrogens with zero attached hydrogens (tertiary/aromatic N) is 1. The van der Waals surface area contributed by atoms with Gasteiger partial charge >= 0.3 is 5.97 Å². The molecule has 108 valence electrons. The van der Waals surface area contributed by atoms with Crippen LogP contribution in [0.1, 0.15) is 12.5 Å². The summed E-state index contributed by atoms with van der Waals surface area (Å²) >= 11 is 0. The smallest absolute Gasteiger partial charge is 0.329 e. The number of hydrogen-bond acceptors (Lipinski definition) is 5. The summed E-state index contributed by atoms with van der Waals surface area (Å²) in [5.41, 5.74) is 0.472. The van der Waals surface area contributed by atoms with E-state index < -0.39 is 22.8 Å². The molecule has 1 rings (SSSR count). The summed E-state index contributed by atoms with van der Waals surface area (Å²) < 4.78 is 5.25. The highest BCUT2D eigenvalue weighted by Crippen LogP contribution is 2.24. The SMILES string of the molecule is CC(=O)NC(COc1cc([N+](=O)[O-])ccc1C)C(=O)O. The lowest BCUT2D eigenvalue weighted by Gasteiger charge is -2.15. The van der Waals surface area contributed by atoms with Crippen molar-refractivity contribution in [3.63, 3.8) is 0 Å². The molecule has 1 aromatic rings. The summed E-state index contributed by atoms with van der Waals surface area (Å²) in [7, 11) is 0. The maximum absolute atomic E-state index is 10.9. The molecule has 1 atom stereocenters. The van der Waals surface area contributed by atoms with Gasteiger partial charge < -0.3 is 15.2 Å². The number of amides is 1. The summed E-state index contributed by atoms with van der Waals surface area (Å²) in [4.78, 5) is 31.9. The van der Waals surface area contributed by atoms with Gasteiger partial charge in [-0.25, -0.2) is 4.79 Å². The van der Waals surface area contributed by atoms with Crippen molar-refractivity contribution in [3.05, 3.63) is 33.9 Å². The van der Waals surface area contributed by atoms with Gasteiger partial charge in [-0.3, -0.25) is 14.9 Å². The third kappa shape index (κ3) is 4.23. The summed E-state index contributed by atoms with van der Waals surface area (Å²) in [5, 5.41) is 21.8. The Labute approximate surface area is 114 Å². The molecule has 8 heteroatoms. The Kier molecular flexibility index (Phi) is 5.01. The van der Waals surface area contributed by atoms with E-state index in [4.69, 9.17) is 9.84 Å². The van der Waals surface area contributed by atoms with Crippen molar-refractivity contribution < 1.29 is 24.4 Å². The van der Waals surface area contributed by atoms with Crippen LogP contribution in [0.5, 0.6) is 5.75 Å². The first kappa shape index (κ1) is 15.4. The first-order chi connectivity index (χ1) is 9.31. The summed E-state index contributed by atoms with van der Waals surface area (Å²) in [6, 6.07) is 2.82. The number of carboxylic acid groups (broad SMARTS) is 1. The van der Waals surface area contributed by atoms with E-state index in [1.165, 1.54) is 25.1 Å². The standard InChI is InChI=1S/C12H14N2O6/c1-7-3-4-9(14(18)19)5-11(7)20-6-10(12(16)17)13-8(2)15/h3-5,10H,6H2,1-2H3,(H,13,15)(H,16,17). The minimum Gasteiger partial charge on any atom is -0.490 e. The second-order valence-electron chi connectivity index (χ2n) is 4.11. The lowest BCUT2D eigenvalue weighted by Crippen LogP contribution is -2.43. The van der Waals surface area contributed by atoms with Gasteiger partial charge in [-0.1, -0.05) is 0 Å². The number of non-ortho nitro benzene ring substituents is 1. The van der Waals surface area contributed by atoms with Crippen molar-refractivity contribution in [3.8, 4) is 5.75 Å². The van der Waals surface area contributed by atoms with Gasteiger partial charge in [0.25, 0.3) is 5.69 Å². The molecule has 20 heavy (non-hydrogen) atoms. The Hall–Kier alpha value is -2.64. The molecule has 0 fully saturated rings. The second-order valence-corrected chi connectivity index (χ2v) is 4.11. The van der Waals surface area contributed by atoms with Gasteiger partial charge in [0.05, 0.1) is 11.0 Å². The zero-order valence-electron chi connectivity index (χ0n) is 11.0. The number of carbonyl (C=O) groups is 2. The summed E-state index contributed by atoms with van der Waals surface area (Å²) in [5.74, 6) is -1.55. The highest BCUT2D eigenvalue weighted by molar-refractivity contribution is 5.82. The highest BCUT2D eigenvalue weighted by Gasteiger charge is 2.20. The van der Waals surface area contributed by atoms with Crippen LogP contribution in [-0.2, 0) is 9.59 Å². The average molecular weight is 282 g/mol. The summed E-state index contributed by atoms with van der Waals surface area (Å²) in [6.45, 7) is 2.54. The monoisotopic (exact) mass is 282 g/mol. The number of nitro groups is 1. The van der Waals surface area contributed by atoms with Crippen LogP contribution in [0.15, 0.2) is 18.2 Å². The zero-order valence-corrected chi connectivity index (χ0v) is 11.0. The molecule has 0 saturated heterocycles. The molecule has 8 nitrogen and oxygen atoms in total. The highest BCUT2D eigenvalue weighted by atomic mass is 16.6. The molecule has 0 bridgehead atoms. The third-order valence-corrected chi connectivity index (χ3v) is 2.46. The van der Waals surface area contributed by atoms with Crippen molar-refractivity contribution in [1.82, 2.24) is 5.32 Å². The number of rotatable bonds is 6. The third-order valence-electron chi connectivity index (χ3n) is 2.46. The molecular weight excluding hydrogens is 268 g/mol. The summed E-state index contributed by atoms with van der Waals surface area (Å²) in [6.07, 6.45) is 0. The quantitative estimate of drug-likeness (QED) is 0.590. The predicted octanol–water partition coefficient (Wildman–Crippen LogP) is 0.871. The van der Waals surface area contributed by atoms with E-state index in [-0.39, 0.29) is 18.0 Å². The molecule has 0 aliphatic rings. The van der Waals surface area contributed by atoms with Crippen molar-refractivity contribution in [2.75, 3.05) is 6.61 Å². The van der Waals surface area contributed by atoms with Crippen LogP contribution in [0.25, 0.3) is 0 Å². The Morgan fingerprint density at radius 1 is 1.50 bits per heavy atom. The molecular formula is C12H14N2O6. The van der Waals surface area contributed by atoms with Gasteiger partial charge in [-0.05, 0) is 18.6 Å². The number of aliphatic carboxylic acids is 1. The van der Waals surface area contributed by atoms with Gasteiger partial charge in [-0.15, -0.1) is 0 Å². The van der Waals surface area contributed by atoms with Crippen LogP contribution in [0.3, 0.4) is 0 Å². The topological polar surface area (TPSA) is 119 Å². The van der Waals surface area contributed by atoms with Gasteiger partial charge in [0.2, 0.25) is 5.91 Å². The Balaban J connectivity index is 2.81. The van der Waals surface area contributed by atoms with Gasteiger partial charge in [0.15, 0.2) is 6.04 Å². The first-order valence-electron chi connectivity index (χ1n) is 5.69. The van der Waals surface area contributed by atoms with Crippen LogP contribution >= 0.6 is 0 Å². The van der Waals surface area contributed by atoms with Crippen LogP contribution in [-0.4, -0.2) is 34.6 Å². The minimum atomic E-state index is -1.25. The average Bonchev–Trinajstić information content (AvgIpc) is 2.35. The van der Waals surface area contributed by atoms with Crippen molar-refractivity contribution in [2.45, 2.75) is 19.9 Å². The van der Waals surface area contributed by atoms with E-state index in [9.17, 15) is 19.7 Å². The molecule has 0 radical (unpaired) electrons. The number of carbonyl (C=O) groups excluding carboxylic acids is 1.